The number of nitrogens with zero attached hydrogens (tertiary/aromatic N) is 4. The van der Waals surface area contributed by atoms with E-state index in [9.17, 15) is 8.42 Å². The van der Waals surface area contributed by atoms with Gasteiger partial charge in [0.05, 0.1) is 17.7 Å². The summed E-state index contributed by atoms with van der Waals surface area (Å²) < 4.78 is 26.4. The van der Waals surface area contributed by atoms with E-state index in [4.69, 9.17) is 0 Å². The molecule has 23 heavy (non-hydrogen) atoms. The second kappa shape index (κ2) is 6.53. The first kappa shape index (κ1) is 16.9. The summed E-state index contributed by atoms with van der Waals surface area (Å²) in [5, 5.41) is 4.42. The lowest BCUT2D eigenvalue weighted by Crippen LogP contribution is -2.58. The molecule has 0 bridgehead atoms. The average molecular weight is 340 g/mol. The zero-order valence-corrected chi connectivity index (χ0v) is 15.2. The van der Waals surface area contributed by atoms with Crippen molar-refractivity contribution in [3.8, 4) is 0 Å². The maximum atomic E-state index is 12.2. The van der Waals surface area contributed by atoms with E-state index in [0.717, 1.165) is 39.1 Å². The van der Waals surface area contributed by atoms with Gasteiger partial charge in [0, 0.05) is 49.5 Å². The van der Waals surface area contributed by atoms with Gasteiger partial charge in [-0.15, -0.1) is 0 Å². The molecule has 2 atom stereocenters. The quantitative estimate of drug-likeness (QED) is 0.797. The highest BCUT2D eigenvalue weighted by Gasteiger charge is 2.46. The second-order valence-corrected chi connectivity index (χ2v) is 8.94. The second-order valence-electron chi connectivity index (χ2n) is 6.79. The van der Waals surface area contributed by atoms with E-state index in [1.165, 1.54) is 11.3 Å². The van der Waals surface area contributed by atoms with Crippen LogP contribution in [0.25, 0.3) is 0 Å². The number of fused-ring (bicyclic) bond motifs is 1. The summed E-state index contributed by atoms with van der Waals surface area (Å²) >= 11 is 0. The lowest BCUT2D eigenvalue weighted by atomic mass is 10.0. The standard InChI is InChI=1S/C16H28N4O2S/c1-4-6-18-7-8-19(16-12-23(21,22)11-15(16)18)10-14-9-17-20(5-2)13(14)3/h9,15-16H,4-8,10-12H2,1-3H3/t15-,16+/m1/s1. The Hall–Kier alpha value is -0.920. The molecule has 3 heterocycles. The van der Waals surface area contributed by atoms with Crippen LogP contribution in [0.4, 0.5) is 0 Å². The van der Waals surface area contributed by atoms with Crippen molar-refractivity contribution in [2.75, 3.05) is 31.1 Å². The normalized spacial score (nSPS) is 28.1. The van der Waals surface area contributed by atoms with Crippen LogP contribution in [0.2, 0.25) is 0 Å². The summed E-state index contributed by atoms with van der Waals surface area (Å²) in [7, 11) is -2.92. The van der Waals surface area contributed by atoms with Crippen LogP contribution >= 0.6 is 0 Å². The van der Waals surface area contributed by atoms with Crippen molar-refractivity contribution in [1.82, 2.24) is 19.6 Å². The van der Waals surface area contributed by atoms with Crippen molar-refractivity contribution in [3.05, 3.63) is 17.5 Å². The summed E-state index contributed by atoms with van der Waals surface area (Å²) in [4.78, 5) is 4.75. The molecule has 3 rings (SSSR count). The topological polar surface area (TPSA) is 58.4 Å². The Labute approximate surface area is 139 Å². The minimum Gasteiger partial charge on any atom is -0.297 e. The summed E-state index contributed by atoms with van der Waals surface area (Å²) in [5.41, 5.74) is 2.42. The first-order valence-electron chi connectivity index (χ1n) is 8.65. The van der Waals surface area contributed by atoms with Gasteiger partial charge in [0.2, 0.25) is 0 Å². The molecule has 0 unspecified atom stereocenters. The third-order valence-electron chi connectivity index (χ3n) is 5.29. The minimum atomic E-state index is -2.92. The van der Waals surface area contributed by atoms with Crippen molar-refractivity contribution in [2.45, 2.75) is 52.4 Å². The number of piperazine rings is 1. The van der Waals surface area contributed by atoms with Crippen LogP contribution in [0.5, 0.6) is 0 Å². The van der Waals surface area contributed by atoms with Gasteiger partial charge in [-0.25, -0.2) is 8.42 Å². The van der Waals surface area contributed by atoms with Crippen molar-refractivity contribution < 1.29 is 8.42 Å². The predicted molar refractivity (Wildman–Crippen MR) is 91.1 cm³/mol. The summed E-state index contributed by atoms with van der Waals surface area (Å²) in [6.45, 7) is 10.9. The molecule has 0 spiro atoms. The lowest BCUT2D eigenvalue weighted by Gasteiger charge is -2.43. The summed E-state index contributed by atoms with van der Waals surface area (Å²) in [6, 6.07) is 0.292. The van der Waals surface area contributed by atoms with E-state index in [2.05, 4.69) is 35.7 Å². The van der Waals surface area contributed by atoms with Crippen molar-refractivity contribution in [2.24, 2.45) is 0 Å². The maximum Gasteiger partial charge on any atom is 0.153 e. The van der Waals surface area contributed by atoms with E-state index >= 15 is 0 Å². The van der Waals surface area contributed by atoms with E-state index in [-0.39, 0.29) is 12.1 Å². The monoisotopic (exact) mass is 340 g/mol. The van der Waals surface area contributed by atoms with Gasteiger partial charge < -0.3 is 0 Å². The zero-order chi connectivity index (χ0) is 16.6. The molecule has 0 aromatic carbocycles. The first-order chi connectivity index (χ1) is 10.9. The smallest absolute Gasteiger partial charge is 0.153 e. The van der Waals surface area contributed by atoms with Crippen LogP contribution in [0.3, 0.4) is 0 Å². The van der Waals surface area contributed by atoms with E-state index < -0.39 is 9.84 Å². The Balaban J connectivity index is 1.79. The third kappa shape index (κ3) is 3.32. The molecule has 0 N–H and O–H groups in total. The highest BCUT2D eigenvalue weighted by Crippen LogP contribution is 2.28. The van der Waals surface area contributed by atoms with Gasteiger partial charge in [-0.1, -0.05) is 6.92 Å². The van der Waals surface area contributed by atoms with Crippen molar-refractivity contribution in [3.63, 3.8) is 0 Å². The molecular formula is C16H28N4O2S. The van der Waals surface area contributed by atoms with Gasteiger partial charge in [-0.2, -0.15) is 5.10 Å². The van der Waals surface area contributed by atoms with Gasteiger partial charge in [0.25, 0.3) is 0 Å². The van der Waals surface area contributed by atoms with Gasteiger partial charge in [-0.3, -0.25) is 14.5 Å². The number of rotatable bonds is 5. The number of aromatic nitrogens is 2. The molecule has 2 aliphatic heterocycles. The van der Waals surface area contributed by atoms with Gasteiger partial charge in [-0.05, 0) is 26.8 Å². The zero-order valence-electron chi connectivity index (χ0n) is 14.4. The van der Waals surface area contributed by atoms with E-state index in [1.807, 2.05) is 10.9 Å². The van der Waals surface area contributed by atoms with Gasteiger partial charge >= 0.3 is 0 Å². The molecule has 0 radical (unpaired) electrons. The fourth-order valence-electron chi connectivity index (χ4n) is 4.04. The number of hydrogen-bond acceptors (Lipinski definition) is 5. The Morgan fingerprint density at radius 3 is 2.43 bits per heavy atom. The lowest BCUT2D eigenvalue weighted by molar-refractivity contribution is 0.0404. The number of sulfone groups is 1. The molecule has 7 heteroatoms. The predicted octanol–water partition coefficient (Wildman–Crippen LogP) is 0.905. The molecule has 2 fully saturated rings. The van der Waals surface area contributed by atoms with Crippen molar-refractivity contribution >= 4 is 9.84 Å². The first-order valence-corrected chi connectivity index (χ1v) is 10.5. The van der Waals surface area contributed by atoms with Crippen LogP contribution < -0.4 is 0 Å². The van der Waals surface area contributed by atoms with Crippen LogP contribution in [-0.4, -0.2) is 71.2 Å². The minimum absolute atomic E-state index is 0.129. The highest BCUT2D eigenvalue weighted by molar-refractivity contribution is 7.91. The third-order valence-corrected chi connectivity index (χ3v) is 6.99. The Morgan fingerprint density at radius 2 is 1.83 bits per heavy atom. The SMILES string of the molecule is CCCN1CCN(Cc2cnn(CC)c2C)[C@H]2CS(=O)(=O)C[C@H]21. The fourth-order valence-corrected chi connectivity index (χ4v) is 6.08. The molecule has 6 nitrogen and oxygen atoms in total. The summed E-state index contributed by atoms with van der Waals surface area (Å²) in [5.74, 6) is 0.625. The number of aryl methyl sites for hydroxylation is 1. The Kier molecular flexibility index (Phi) is 4.80. The molecule has 130 valence electrons. The van der Waals surface area contributed by atoms with E-state index in [1.54, 1.807) is 0 Å². The molecule has 2 aliphatic rings. The largest absolute Gasteiger partial charge is 0.297 e. The molecule has 2 saturated heterocycles. The summed E-state index contributed by atoms with van der Waals surface area (Å²) in [6.07, 6.45) is 3.02. The van der Waals surface area contributed by atoms with Crippen LogP contribution in [-0.2, 0) is 22.9 Å². The Bertz CT molecular complexity index is 655. The van der Waals surface area contributed by atoms with Crippen LogP contribution in [0.1, 0.15) is 31.5 Å². The molecule has 0 amide bonds. The van der Waals surface area contributed by atoms with Crippen LogP contribution in [0, 0.1) is 6.92 Å². The number of hydrogen-bond donors (Lipinski definition) is 0. The fraction of sp³-hybridized carbons (Fsp3) is 0.812. The molecule has 1 aromatic rings. The van der Waals surface area contributed by atoms with Gasteiger partial charge in [0.15, 0.2) is 9.84 Å². The van der Waals surface area contributed by atoms with Crippen LogP contribution in [0.15, 0.2) is 6.20 Å². The van der Waals surface area contributed by atoms with Crippen molar-refractivity contribution in [1.29, 1.82) is 0 Å². The molecule has 0 aliphatic carbocycles. The van der Waals surface area contributed by atoms with E-state index in [0.29, 0.717) is 11.5 Å². The van der Waals surface area contributed by atoms with Gasteiger partial charge in [0.1, 0.15) is 0 Å². The maximum absolute atomic E-state index is 12.2. The molecule has 1 aromatic heterocycles. The highest BCUT2D eigenvalue weighted by atomic mass is 32.2. The molecule has 0 saturated carbocycles. The molecular weight excluding hydrogens is 312 g/mol. The average Bonchev–Trinajstić information content (AvgIpc) is 3.01. The Morgan fingerprint density at radius 1 is 1.17 bits per heavy atom.